The molecule has 0 atom stereocenters. The van der Waals surface area contributed by atoms with E-state index in [1.165, 1.54) is 22.3 Å². The number of rotatable bonds is 3. The van der Waals surface area contributed by atoms with Crippen molar-refractivity contribution in [2.24, 2.45) is 0 Å². The quantitative estimate of drug-likeness (QED) is 0.508. The Morgan fingerprint density at radius 3 is 1.09 bits per heavy atom. The van der Waals surface area contributed by atoms with Gasteiger partial charge >= 0.3 is 0 Å². The molecule has 2 heterocycles. The minimum absolute atomic E-state index is 1.15. The molecule has 2 aromatic carbocycles. The second-order valence-corrected chi connectivity index (χ2v) is 5.32. The van der Waals surface area contributed by atoms with E-state index >= 15 is 0 Å². The maximum absolute atomic E-state index is 3.23. The molecule has 0 unspecified atom stereocenters. The van der Waals surface area contributed by atoms with E-state index in [4.69, 9.17) is 0 Å². The van der Waals surface area contributed by atoms with Crippen LogP contribution in [0.5, 0.6) is 0 Å². The maximum atomic E-state index is 3.23. The maximum Gasteiger partial charge on any atom is 0.0453 e. The van der Waals surface area contributed by atoms with Crippen molar-refractivity contribution in [3.63, 3.8) is 0 Å². The van der Waals surface area contributed by atoms with Crippen molar-refractivity contribution in [1.29, 1.82) is 0 Å². The third-order valence-corrected chi connectivity index (χ3v) is 3.92. The molecule has 0 saturated heterocycles. The van der Waals surface area contributed by atoms with Gasteiger partial charge in [-0.3, -0.25) is 0 Å². The Bertz CT molecular complexity index is 761. The molecule has 0 radical (unpaired) electrons. The summed E-state index contributed by atoms with van der Waals surface area (Å²) in [4.78, 5) is 6.46. The van der Waals surface area contributed by atoms with Gasteiger partial charge in [0.2, 0.25) is 0 Å². The first-order valence-corrected chi connectivity index (χ1v) is 7.38. The van der Waals surface area contributed by atoms with Crippen LogP contribution in [-0.4, -0.2) is 9.97 Å². The monoisotopic (exact) mass is 284 g/mol. The molecule has 0 aliphatic heterocycles. The molecule has 4 rings (SSSR count). The summed E-state index contributed by atoms with van der Waals surface area (Å²) in [5, 5.41) is 0. The molecular weight excluding hydrogens is 268 g/mol. The van der Waals surface area contributed by atoms with Crippen LogP contribution in [-0.2, 0) is 0 Å². The van der Waals surface area contributed by atoms with E-state index in [1.807, 2.05) is 24.5 Å². The van der Waals surface area contributed by atoms with Crippen LogP contribution in [0.3, 0.4) is 0 Å². The molecule has 0 bridgehead atoms. The molecule has 22 heavy (non-hydrogen) atoms. The predicted molar refractivity (Wildman–Crippen MR) is 91.5 cm³/mol. The van der Waals surface area contributed by atoms with Crippen molar-refractivity contribution in [1.82, 2.24) is 9.97 Å². The number of aromatic nitrogens is 2. The first-order chi connectivity index (χ1) is 10.9. The highest BCUT2D eigenvalue weighted by Gasteiger charge is 2.02. The molecule has 0 spiro atoms. The number of nitrogens with one attached hydrogen (secondary N) is 2. The summed E-state index contributed by atoms with van der Waals surface area (Å²) in [5.74, 6) is 0. The van der Waals surface area contributed by atoms with E-state index in [0.29, 0.717) is 0 Å². The van der Waals surface area contributed by atoms with Gasteiger partial charge in [-0.1, -0.05) is 48.5 Å². The Hall–Kier alpha value is -3.00. The standard InChI is InChI=1S/C20H16N2/c1-3-19(21-13-1)17-9-5-15(6-10-17)16-7-11-18(12-8-16)20-4-2-14-22-20/h1-14,21-22H. The summed E-state index contributed by atoms with van der Waals surface area (Å²) in [6.07, 6.45) is 3.89. The fraction of sp³-hybridized carbons (Fsp3) is 0. The lowest BCUT2D eigenvalue weighted by molar-refractivity contribution is 1.40. The average molecular weight is 284 g/mol. The molecule has 0 saturated carbocycles. The highest BCUT2D eigenvalue weighted by molar-refractivity contribution is 5.71. The van der Waals surface area contributed by atoms with Crippen LogP contribution in [0, 0.1) is 0 Å². The molecule has 4 aromatic rings. The molecule has 2 N–H and O–H groups in total. The van der Waals surface area contributed by atoms with Gasteiger partial charge in [0, 0.05) is 23.8 Å². The zero-order valence-electron chi connectivity index (χ0n) is 12.1. The van der Waals surface area contributed by atoms with Gasteiger partial charge < -0.3 is 9.97 Å². The Labute approximate surface area is 129 Å². The molecule has 2 heteroatoms. The van der Waals surface area contributed by atoms with Gasteiger partial charge in [-0.15, -0.1) is 0 Å². The molecule has 0 aliphatic carbocycles. The summed E-state index contributed by atoms with van der Waals surface area (Å²) in [7, 11) is 0. The van der Waals surface area contributed by atoms with E-state index in [2.05, 4.69) is 70.6 Å². The lowest BCUT2D eigenvalue weighted by atomic mass is 10.0. The van der Waals surface area contributed by atoms with Crippen molar-refractivity contribution < 1.29 is 0 Å². The minimum atomic E-state index is 1.15. The highest BCUT2D eigenvalue weighted by Crippen LogP contribution is 2.26. The van der Waals surface area contributed by atoms with Gasteiger partial charge in [0.1, 0.15) is 0 Å². The molecule has 0 amide bonds. The first-order valence-electron chi connectivity index (χ1n) is 7.38. The number of hydrogen-bond acceptors (Lipinski definition) is 0. The lowest BCUT2D eigenvalue weighted by Gasteiger charge is -2.05. The second-order valence-electron chi connectivity index (χ2n) is 5.32. The van der Waals surface area contributed by atoms with Crippen molar-refractivity contribution in [2.75, 3.05) is 0 Å². The Morgan fingerprint density at radius 2 is 0.773 bits per heavy atom. The van der Waals surface area contributed by atoms with E-state index in [-0.39, 0.29) is 0 Å². The van der Waals surface area contributed by atoms with Crippen molar-refractivity contribution >= 4 is 0 Å². The fourth-order valence-corrected chi connectivity index (χ4v) is 2.70. The third-order valence-electron chi connectivity index (χ3n) is 3.92. The number of benzene rings is 2. The Balaban J connectivity index is 1.62. The van der Waals surface area contributed by atoms with E-state index in [1.54, 1.807) is 0 Å². The SMILES string of the molecule is c1c[nH]c(-c2ccc(-c3ccc(-c4ccc[nH]4)cc3)cc2)c1. The predicted octanol–water partition coefficient (Wildman–Crippen LogP) is 5.34. The van der Waals surface area contributed by atoms with Crippen LogP contribution in [0.15, 0.2) is 85.2 Å². The Morgan fingerprint density at radius 1 is 0.409 bits per heavy atom. The largest absolute Gasteiger partial charge is 0.361 e. The zero-order chi connectivity index (χ0) is 14.8. The number of aromatic amines is 2. The summed E-state index contributed by atoms with van der Waals surface area (Å²) < 4.78 is 0. The van der Waals surface area contributed by atoms with Crippen LogP contribution in [0.2, 0.25) is 0 Å². The van der Waals surface area contributed by atoms with Crippen LogP contribution < -0.4 is 0 Å². The fourth-order valence-electron chi connectivity index (χ4n) is 2.70. The summed E-state index contributed by atoms with van der Waals surface area (Å²) in [5.41, 5.74) is 7.16. The van der Waals surface area contributed by atoms with Gasteiger partial charge in [0.05, 0.1) is 0 Å². The highest BCUT2D eigenvalue weighted by atomic mass is 14.7. The summed E-state index contributed by atoms with van der Waals surface area (Å²) >= 11 is 0. The van der Waals surface area contributed by atoms with Gasteiger partial charge in [0.25, 0.3) is 0 Å². The van der Waals surface area contributed by atoms with Gasteiger partial charge in [-0.2, -0.15) is 0 Å². The number of H-pyrrole nitrogens is 2. The summed E-state index contributed by atoms with van der Waals surface area (Å²) in [6.45, 7) is 0. The normalized spacial score (nSPS) is 10.7. The van der Waals surface area contributed by atoms with Crippen molar-refractivity contribution in [3.8, 4) is 33.6 Å². The first kappa shape index (κ1) is 12.7. The second kappa shape index (κ2) is 5.41. The molecule has 2 nitrogen and oxygen atoms in total. The molecular formula is C20H16N2. The molecule has 0 aliphatic rings. The van der Waals surface area contributed by atoms with Gasteiger partial charge in [-0.05, 0) is 46.5 Å². The van der Waals surface area contributed by atoms with E-state index in [9.17, 15) is 0 Å². The summed E-state index contributed by atoms with van der Waals surface area (Å²) in [6, 6.07) is 25.5. The molecule has 106 valence electrons. The van der Waals surface area contributed by atoms with E-state index < -0.39 is 0 Å². The van der Waals surface area contributed by atoms with Gasteiger partial charge in [0.15, 0.2) is 0 Å². The van der Waals surface area contributed by atoms with Crippen LogP contribution >= 0.6 is 0 Å². The number of hydrogen-bond donors (Lipinski definition) is 2. The topological polar surface area (TPSA) is 31.6 Å². The Kier molecular flexibility index (Phi) is 3.13. The van der Waals surface area contributed by atoms with Crippen molar-refractivity contribution in [2.45, 2.75) is 0 Å². The molecule has 2 aromatic heterocycles. The molecule has 0 fully saturated rings. The van der Waals surface area contributed by atoms with Crippen LogP contribution in [0.4, 0.5) is 0 Å². The third kappa shape index (κ3) is 2.35. The van der Waals surface area contributed by atoms with Crippen LogP contribution in [0.25, 0.3) is 33.6 Å². The van der Waals surface area contributed by atoms with Crippen molar-refractivity contribution in [3.05, 3.63) is 85.2 Å². The zero-order valence-corrected chi connectivity index (χ0v) is 12.1. The van der Waals surface area contributed by atoms with E-state index in [0.717, 1.165) is 11.4 Å². The average Bonchev–Trinajstić information content (AvgIpc) is 3.29. The van der Waals surface area contributed by atoms with Crippen LogP contribution in [0.1, 0.15) is 0 Å². The van der Waals surface area contributed by atoms with Gasteiger partial charge in [-0.25, -0.2) is 0 Å². The lowest BCUT2D eigenvalue weighted by Crippen LogP contribution is -1.82. The minimum Gasteiger partial charge on any atom is -0.361 e. The smallest absolute Gasteiger partial charge is 0.0453 e.